The van der Waals surface area contributed by atoms with Gasteiger partial charge in [-0.3, -0.25) is 4.98 Å². The van der Waals surface area contributed by atoms with Crippen LogP contribution in [0.25, 0.3) is 0 Å². The molecule has 0 radical (unpaired) electrons. The summed E-state index contributed by atoms with van der Waals surface area (Å²) in [6, 6.07) is 2.12. The van der Waals surface area contributed by atoms with Gasteiger partial charge in [0.2, 0.25) is 0 Å². The summed E-state index contributed by atoms with van der Waals surface area (Å²) in [5.41, 5.74) is 3.50. The third-order valence-electron chi connectivity index (χ3n) is 3.34. The number of thiazole rings is 1. The molecule has 0 aliphatic heterocycles. The molecule has 2 aromatic rings. The van der Waals surface area contributed by atoms with Crippen LogP contribution in [-0.2, 0) is 4.74 Å². The molecule has 20 heavy (non-hydrogen) atoms. The fourth-order valence-corrected chi connectivity index (χ4v) is 3.05. The van der Waals surface area contributed by atoms with Gasteiger partial charge in [-0.1, -0.05) is 0 Å². The van der Waals surface area contributed by atoms with Gasteiger partial charge in [0, 0.05) is 30.9 Å². The molecule has 0 fully saturated rings. The van der Waals surface area contributed by atoms with Gasteiger partial charge >= 0.3 is 0 Å². The fourth-order valence-electron chi connectivity index (χ4n) is 2.04. The predicted octanol–water partition coefficient (Wildman–Crippen LogP) is 2.79. The number of nitrogens with one attached hydrogen (secondary N) is 1. The topological polar surface area (TPSA) is 47.0 Å². The van der Waals surface area contributed by atoms with Crippen molar-refractivity contribution in [2.75, 3.05) is 20.3 Å². The molecule has 2 aromatic heterocycles. The van der Waals surface area contributed by atoms with E-state index in [0.29, 0.717) is 6.61 Å². The largest absolute Gasteiger partial charge is 0.383 e. The molecule has 108 valence electrons. The second kappa shape index (κ2) is 6.92. The van der Waals surface area contributed by atoms with Crippen LogP contribution in [0.15, 0.2) is 18.5 Å². The van der Waals surface area contributed by atoms with Gasteiger partial charge in [-0.15, -0.1) is 11.3 Å². The Balaban J connectivity index is 2.31. The second-order valence-electron chi connectivity index (χ2n) is 4.81. The van der Waals surface area contributed by atoms with Crippen molar-refractivity contribution in [2.45, 2.75) is 26.8 Å². The average Bonchev–Trinajstić information content (AvgIpc) is 2.76. The van der Waals surface area contributed by atoms with Crippen molar-refractivity contribution in [3.63, 3.8) is 0 Å². The summed E-state index contributed by atoms with van der Waals surface area (Å²) < 4.78 is 5.13. The lowest BCUT2D eigenvalue weighted by Gasteiger charge is -2.18. The first-order valence-electron chi connectivity index (χ1n) is 6.70. The van der Waals surface area contributed by atoms with Crippen LogP contribution in [0.3, 0.4) is 0 Å². The fraction of sp³-hybridized carbons (Fsp3) is 0.467. The van der Waals surface area contributed by atoms with E-state index in [1.54, 1.807) is 18.4 Å². The molecule has 2 heterocycles. The minimum absolute atomic E-state index is 0.0799. The van der Waals surface area contributed by atoms with Crippen LogP contribution in [-0.4, -0.2) is 30.2 Å². The monoisotopic (exact) mass is 291 g/mol. The number of pyridine rings is 1. The third-order valence-corrected chi connectivity index (χ3v) is 4.47. The maximum Gasteiger partial charge on any atom is 0.115 e. The Morgan fingerprint density at radius 1 is 1.35 bits per heavy atom. The van der Waals surface area contributed by atoms with E-state index in [0.717, 1.165) is 17.2 Å². The summed E-state index contributed by atoms with van der Waals surface area (Å²) in [6.45, 7) is 7.73. The normalized spacial score (nSPS) is 12.6. The first kappa shape index (κ1) is 15.1. The van der Waals surface area contributed by atoms with E-state index in [9.17, 15) is 0 Å². The highest BCUT2D eigenvalue weighted by Gasteiger charge is 2.20. The zero-order chi connectivity index (χ0) is 14.5. The molecule has 1 unspecified atom stereocenters. The van der Waals surface area contributed by atoms with Crippen molar-refractivity contribution < 1.29 is 4.74 Å². The number of nitrogens with zero attached hydrogens (tertiary/aromatic N) is 2. The Bertz CT molecular complexity index is 548. The van der Waals surface area contributed by atoms with Crippen LogP contribution in [0.5, 0.6) is 0 Å². The quantitative estimate of drug-likeness (QED) is 0.831. The maximum absolute atomic E-state index is 5.13. The zero-order valence-electron chi connectivity index (χ0n) is 12.4. The van der Waals surface area contributed by atoms with Gasteiger partial charge in [0.1, 0.15) is 5.01 Å². The number of aromatic nitrogens is 2. The van der Waals surface area contributed by atoms with E-state index >= 15 is 0 Å². The molecule has 1 atom stereocenters. The Morgan fingerprint density at radius 3 is 2.75 bits per heavy atom. The van der Waals surface area contributed by atoms with Crippen molar-refractivity contribution >= 4 is 11.3 Å². The van der Waals surface area contributed by atoms with Crippen molar-refractivity contribution in [1.82, 2.24) is 15.3 Å². The number of hydrogen-bond donors (Lipinski definition) is 1. The van der Waals surface area contributed by atoms with Crippen molar-refractivity contribution in [2.24, 2.45) is 0 Å². The molecular weight excluding hydrogens is 270 g/mol. The van der Waals surface area contributed by atoms with Gasteiger partial charge < -0.3 is 10.1 Å². The molecule has 0 amide bonds. The first-order chi connectivity index (χ1) is 9.63. The van der Waals surface area contributed by atoms with E-state index in [1.807, 2.05) is 18.5 Å². The lowest BCUT2D eigenvalue weighted by Crippen LogP contribution is -2.26. The minimum atomic E-state index is 0.0799. The van der Waals surface area contributed by atoms with Gasteiger partial charge in [0.15, 0.2) is 0 Å². The highest BCUT2D eigenvalue weighted by atomic mass is 32.1. The molecule has 0 aromatic carbocycles. The van der Waals surface area contributed by atoms with Crippen molar-refractivity contribution in [3.8, 4) is 0 Å². The molecular formula is C15H21N3OS. The molecule has 0 saturated heterocycles. The molecule has 2 rings (SSSR count). The molecule has 0 aliphatic carbocycles. The standard InChI is InChI=1S/C15H21N3OS/c1-10-5-6-16-9-13(10)14(17-7-8-19-4)15-18-11(2)12(3)20-15/h5-6,9,14,17H,7-8H2,1-4H3. The van der Waals surface area contributed by atoms with Crippen LogP contribution >= 0.6 is 11.3 Å². The van der Waals surface area contributed by atoms with Gasteiger partial charge in [0.25, 0.3) is 0 Å². The molecule has 4 nitrogen and oxygen atoms in total. The summed E-state index contributed by atoms with van der Waals surface area (Å²) in [5.74, 6) is 0. The molecule has 0 aliphatic rings. The predicted molar refractivity (Wildman–Crippen MR) is 82.3 cm³/mol. The lowest BCUT2D eigenvalue weighted by atomic mass is 10.0. The number of rotatable bonds is 6. The Labute approximate surface area is 124 Å². The van der Waals surface area contributed by atoms with Gasteiger partial charge in [0.05, 0.1) is 18.3 Å². The molecule has 1 N–H and O–H groups in total. The van der Waals surface area contributed by atoms with Gasteiger partial charge in [-0.25, -0.2) is 4.98 Å². The minimum Gasteiger partial charge on any atom is -0.383 e. The van der Waals surface area contributed by atoms with Crippen LogP contribution in [0.2, 0.25) is 0 Å². The van der Waals surface area contributed by atoms with Crippen LogP contribution in [0.1, 0.15) is 32.7 Å². The maximum atomic E-state index is 5.13. The smallest absolute Gasteiger partial charge is 0.115 e. The molecule has 0 bridgehead atoms. The van der Waals surface area contributed by atoms with E-state index in [2.05, 4.69) is 31.1 Å². The van der Waals surface area contributed by atoms with Gasteiger partial charge in [-0.2, -0.15) is 0 Å². The van der Waals surface area contributed by atoms with E-state index < -0.39 is 0 Å². The summed E-state index contributed by atoms with van der Waals surface area (Å²) in [4.78, 5) is 10.2. The summed E-state index contributed by atoms with van der Waals surface area (Å²) in [5, 5.41) is 4.61. The lowest BCUT2D eigenvalue weighted by molar-refractivity contribution is 0.197. The Hall–Kier alpha value is -1.30. The number of ether oxygens (including phenoxy) is 1. The summed E-state index contributed by atoms with van der Waals surface area (Å²) in [7, 11) is 1.71. The molecule has 5 heteroatoms. The third kappa shape index (κ3) is 3.42. The SMILES string of the molecule is COCCNC(c1nc(C)c(C)s1)c1cnccc1C. The van der Waals surface area contributed by atoms with Crippen LogP contribution < -0.4 is 5.32 Å². The van der Waals surface area contributed by atoms with Crippen LogP contribution in [0, 0.1) is 20.8 Å². The number of hydrogen-bond acceptors (Lipinski definition) is 5. The molecule has 0 spiro atoms. The zero-order valence-corrected chi connectivity index (χ0v) is 13.3. The number of aryl methyl sites for hydroxylation is 3. The van der Waals surface area contributed by atoms with Crippen molar-refractivity contribution in [3.05, 3.63) is 45.2 Å². The van der Waals surface area contributed by atoms with Crippen molar-refractivity contribution in [1.29, 1.82) is 0 Å². The Morgan fingerprint density at radius 2 is 2.15 bits per heavy atom. The van der Waals surface area contributed by atoms with E-state index in [1.165, 1.54) is 16.0 Å². The highest BCUT2D eigenvalue weighted by molar-refractivity contribution is 7.11. The highest BCUT2D eigenvalue weighted by Crippen LogP contribution is 2.29. The summed E-state index contributed by atoms with van der Waals surface area (Å²) >= 11 is 1.74. The second-order valence-corrected chi connectivity index (χ2v) is 6.04. The van der Waals surface area contributed by atoms with Gasteiger partial charge in [-0.05, 0) is 38.0 Å². The molecule has 0 saturated carbocycles. The van der Waals surface area contributed by atoms with Crippen LogP contribution in [0.4, 0.5) is 0 Å². The average molecular weight is 291 g/mol. The Kier molecular flexibility index (Phi) is 5.23. The summed E-state index contributed by atoms with van der Waals surface area (Å²) in [6.07, 6.45) is 3.75. The van der Waals surface area contributed by atoms with E-state index in [4.69, 9.17) is 9.72 Å². The first-order valence-corrected chi connectivity index (χ1v) is 7.52. The van der Waals surface area contributed by atoms with E-state index in [-0.39, 0.29) is 6.04 Å². The number of methoxy groups -OCH3 is 1.